The van der Waals surface area contributed by atoms with Crippen molar-refractivity contribution in [3.63, 3.8) is 0 Å². The molecule has 1 aliphatic carbocycles. The molecule has 0 saturated heterocycles. The van der Waals surface area contributed by atoms with Crippen LogP contribution in [0.15, 0.2) is 42.5 Å². The Balaban J connectivity index is 1.57. The molecule has 6 heteroatoms. The molecule has 0 spiro atoms. The zero-order valence-electron chi connectivity index (χ0n) is 15.7. The van der Waals surface area contributed by atoms with Gasteiger partial charge < -0.3 is 9.67 Å². The van der Waals surface area contributed by atoms with Crippen LogP contribution in [-0.4, -0.2) is 24.9 Å². The van der Waals surface area contributed by atoms with E-state index in [0.717, 1.165) is 28.5 Å². The highest BCUT2D eigenvalue weighted by Gasteiger charge is 2.27. The SMILES string of the molecule is CC[C@@]1(C)CCC/C(=C\c2nnc(-c3ccc(-n4ccnc4)cc3O)s2)C1. The van der Waals surface area contributed by atoms with Gasteiger partial charge in [0.05, 0.1) is 17.6 Å². The van der Waals surface area contributed by atoms with E-state index in [0.29, 0.717) is 11.0 Å². The highest BCUT2D eigenvalue weighted by atomic mass is 32.1. The molecular weight excluding hydrogens is 356 g/mol. The summed E-state index contributed by atoms with van der Waals surface area (Å²) in [5, 5.41) is 20.8. The highest BCUT2D eigenvalue weighted by molar-refractivity contribution is 7.15. The number of allylic oxidation sites excluding steroid dienone is 1. The number of rotatable bonds is 4. The van der Waals surface area contributed by atoms with Gasteiger partial charge in [-0.1, -0.05) is 37.2 Å². The van der Waals surface area contributed by atoms with Crippen LogP contribution in [-0.2, 0) is 0 Å². The summed E-state index contributed by atoms with van der Waals surface area (Å²) in [5.74, 6) is 0.202. The fraction of sp³-hybridized carbons (Fsp3) is 0.381. The molecule has 0 unspecified atom stereocenters. The van der Waals surface area contributed by atoms with Crippen molar-refractivity contribution in [2.45, 2.75) is 46.0 Å². The standard InChI is InChI=1S/C21H24N4OS/c1-3-21(2)8-4-5-15(13-21)11-19-23-24-20(27-19)17-7-6-16(12-18(17)26)25-10-9-22-14-25/h6-7,9-12,14,26H,3-5,8,13H2,1-2H3/b15-11+/t21-/m0/s1. The van der Waals surface area contributed by atoms with Crippen molar-refractivity contribution in [2.24, 2.45) is 5.41 Å². The lowest BCUT2D eigenvalue weighted by Gasteiger charge is -2.34. The Morgan fingerprint density at radius 1 is 1.33 bits per heavy atom. The van der Waals surface area contributed by atoms with Gasteiger partial charge in [0.15, 0.2) is 5.01 Å². The zero-order valence-corrected chi connectivity index (χ0v) is 16.5. The highest BCUT2D eigenvalue weighted by Crippen LogP contribution is 2.42. The van der Waals surface area contributed by atoms with Crippen molar-refractivity contribution < 1.29 is 5.11 Å². The summed E-state index contributed by atoms with van der Waals surface area (Å²) in [6.07, 6.45) is 13.5. The first-order chi connectivity index (χ1) is 13.1. The first kappa shape index (κ1) is 17.9. The van der Waals surface area contributed by atoms with Gasteiger partial charge in [-0.25, -0.2) is 4.98 Å². The Morgan fingerprint density at radius 2 is 2.22 bits per heavy atom. The monoisotopic (exact) mass is 380 g/mol. The number of aromatic hydroxyl groups is 1. The number of phenolic OH excluding ortho intramolecular Hbond substituents is 1. The third-order valence-corrected chi connectivity index (χ3v) is 6.47. The van der Waals surface area contributed by atoms with Crippen molar-refractivity contribution in [2.75, 3.05) is 0 Å². The van der Waals surface area contributed by atoms with Crippen LogP contribution in [0.5, 0.6) is 5.75 Å². The van der Waals surface area contributed by atoms with Crippen LogP contribution in [0.4, 0.5) is 0 Å². The summed E-state index contributed by atoms with van der Waals surface area (Å²) in [6, 6.07) is 5.56. The molecule has 2 aromatic heterocycles. The Hall–Kier alpha value is -2.47. The first-order valence-electron chi connectivity index (χ1n) is 9.41. The van der Waals surface area contributed by atoms with Crippen molar-refractivity contribution in [1.29, 1.82) is 0 Å². The van der Waals surface area contributed by atoms with Gasteiger partial charge in [0.1, 0.15) is 10.8 Å². The van der Waals surface area contributed by atoms with Crippen molar-refractivity contribution in [3.8, 4) is 22.0 Å². The number of hydrogen-bond acceptors (Lipinski definition) is 5. The lowest BCUT2D eigenvalue weighted by Crippen LogP contribution is -2.20. The summed E-state index contributed by atoms with van der Waals surface area (Å²) >= 11 is 1.53. The number of aromatic nitrogens is 4. The number of imidazole rings is 1. The van der Waals surface area contributed by atoms with Gasteiger partial charge >= 0.3 is 0 Å². The normalized spacial score (nSPS) is 21.6. The molecular formula is C21H24N4OS. The molecule has 1 atom stereocenters. The summed E-state index contributed by atoms with van der Waals surface area (Å²) < 4.78 is 1.85. The third kappa shape index (κ3) is 3.81. The molecule has 3 aromatic rings. The van der Waals surface area contributed by atoms with Gasteiger partial charge in [0, 0.05) is 18.5 Å². The van der Waals surface area contributed by atoms with E-state index in [1.165, 1.54) is 36.2 Å². The maximum atomic E-state index is 10.5. The number of nitrogens with zero attached hydrogens (tertiary/aromatic N) is 4. The average Bonchev–Trinajstić information content (AvgIpc) is 3.34. The molecule has 1 saturated carbocycles. The van der Waals surface area contributed by atoms with Gasteiger partial charge in [0.25, 0.3) is 0 Å². The molecule has 1 fully saturated rings. The zero-order chi connectivity index (χ0) is 18.9. The second-order valence-corrected chi connectivity index (χ2v) is 8.62. The number of phenols is 1. The van der Waals surface area contributed by atoms with Crippen LogP contribution in [0.3, 0.4) is 0 Å². The van der Waals surface area contributed by atoms with Crippen LogP contribution in [0.25, 0.3) is 22.3 Å². The maximum absolute atomic E-state index is 10.5. The summed E-state index contributed by atoms with van der Waals surface area (Å²) in [5.41, 5.74) is 3.46. The van der Waals surface area contributed by atoms with E-state index < -0.39 is 0 Å². The van der Waals surface area contributed by atoms with Gasteiger partial charge in [-0.2, -0.15) is 0 Å². The van der Waals surface area contributed by atoms with Gasteiger partial charge in [-0.15, -0.1) is 10.2 Å². The molecule has 1 aromatic carbocycles. The largest absolute Gasteiger partial charge is 0.507 e. The van der Waals surface area contributed by atoms with Crippen LogP contribution < -0.4 is 0 Å². The van der Waals surface area contributed by atoms with Crippen LogP contribution >= 0.6 is 11.3 Å². The van der Waals surface area contributed by atoms with Crippen LogP contribution in [0.2, 0.25) is 0 Å². The van der Waals surface area contributed by atoms with Crippen molar-refractivity contribution in [3.05, 3.63) is 47.5 Å². The Morgan fingerprint density at radius 3 is 2.96 bits per heavy atom. The summed E-state index contributed by atoms with van der Waals surface area (Å²) in [6.45, 7) is 4.66. The topological polar surface area (TPSA) is 63.8 Å². The van der Waals surface area contributed by atoms with Gasteiger partial charge in [-0.05, 0) is 49.3 Å². The quantitative estimate of drug-likeness (QED) is 0.652. The van der Waals surface area contributed by atoms with E-state index >= 15 is 0 Å². The number of hydrogen-bond donors (Lipinski definition) is 1. The number of benzene rings is 1. The minimum absolute atomic E-state index is 0.202. The Kier molecular flexibility index (Phi) is 4.83. The molecule has 4 rings (SSSR count). The Labute approximate surface area is 163 Å². The lowest BCUT2D eigenvalue weighted by atomic mass is 9.72. The van der Waals surface area contributed by atoms with E-state index in [1.807, 2.05) is 22.9 Å². The molecule has 2 heterocycles. The molecule has 5 nitrogen and oxygen atoms in total. The molecule has 0 aliphatic heterocycles. The molecule has 0 bridgehead atoms. The summed E-state index contributed by atoms with van der Waals surface area (Å²) in [4.78, 5) is 4.04. The Bertz CT molecular complexity index is 960. The minimum Gasteiger partial charge on any atom is -0.507 e. The van der Waals surface area contributed by atoms with E-state index in [-0.39, 0.29) is 5.75 Å². The van der Waals surface area contributed by atoms with E-state index in [1.54, 1.807) is 18.6 Å². The third-order valence-electron chi connectivity index (χ3n) is 5.57. The van der Waals surface area contributed by atoms with Crippen LogP contribution in [0, 0.1) is 5.41 Å². The van der Waals surface area contributed by atoms with E-state index in [9.17, 15) is 5.11 Å². The van der Waals surface area contributed by atoms with E-state index in [4.69, 9.17) is 0 Å². The van der Waals surface area contributed by atoms with Gasteiger partial charge in [0.2, 0.25) is 0 Å². The molecule has 0 radical (unpaired) electrons. The molecule has 27 heavy (non-hydrogen) atoms. The minimum atomic E-state index is 0.202. The van der Waals surface area contributed by atoms with Crippen molar-refractivity contribution in [1.82, 2.24) is 19.7 Å². The molecule has 1 aliphatic rings. The maximum Gasteiger partial charge on any atom is 0.151 e. The lowest BCUT2D eigenvalue weighted by molar-refractivity contribution is 0.247. The smallest absolute Gasteiger partial charge is 0.151 e. The molecule has 1 N–H and O–H groups in total. The van der Waals surface area contributed by atoms with Crippen molar-refractivity contribution >= 4 is 17.4 Å². The van der Waals surface area contributed by atoms with Crippen LogP contribution in [0.1, 0.15) is 51.0 Å². The second-order valence-electron chi connectivity index (χ2n) is 7.61. The first-order valence-corrected chi connectivity index (χ1v) is 10.2. The fourth-order valence-electron chi connectivity index (χ4n) is 3.74. The second kappa shape index (κ2) is 7.27. The molecule has 0 amide bonds. The average molecular weight is 381 g/mol. The van der Waals surface area contributed by atoms with Gasteiger partial charge in [-0.3, -0.25) is 0 Å². The summed E-state index contributed by atoms with van der Waals surface area (Å²) in [7, 11) is 0. The van der Waals surface area contributed by atoms with E-state index in [2.05, 4.69) is 35.1 Å². The predicted molar refractivity (Wildman–Crippen MR) is 109 cm³/mol. The molecule has 140 valence electrons. The predicted octanol–water partition coefficient (Wildman–Crippen LogP) is 5.47. The fourth-order valence-corrected chi connectivity index (χ4v) is 4.61.